The summed E-state index contributed by atoms with van der Waals surface area (Å²) in [6.45, 7) is 16.2. The van der Waals surface area contributed by atoms with E-state index in [1.807, 2.05) is 0 Å². The van der Waals surface area contributed by atoms with Crippen molar-refractivity contribution in [2.24, 2.45) is 22.7 Å². The van der Waals surface area contributed by atoms with Gasteiger partial charge in [-0.25, -0.2) is 4.79 Å². The first-order valence-corrected chi connectivity index (χ1v) is 13.0. The number of esters is 1. The van der Waals surface area contributed by atoms with E-state index in [1.165, 1.54) is 43.2 Å². The van der Waals surface area contributed by atoms with Crippen LogP contribution in [0.1, 0.15) is 102 Å². The monoisotopic (exact) mass is 439 g/mol. The molecule has 0 spiro atoms. The third-order valence-electron chi connectivity index (χ3n) is 9.78. The van der Waals surface area contributed by atoms with Crippen molar-refractivity contribution < 1.29 is 15.3 Å². The van der Waals surface area contributed by atoms with Crippen molar-refractivity contribution in [3.05, 3.63) is 35.7 Å². The molecule has 3 aliphatic carbocycles. The lowest BCUT2D eigenvalue weighted by molar-refractivity contribution is -0.408. The topological polar surface area (TPSA) is 53.9 Å². The molecule has 0 saturated heterocycles. The maximum Gasteiger partial charge on any atom is 0.370 e. The molecule has 2 saturated carbocycles. The number of unbranched alkanes of at least 4 members (excludes halogenated alkanes) is 2. The number of carbonyl (C=O) groups is 1. The van der Waals surface area contributed by atoms with Crippen molar-refractivity contribution in [2.45, 2.75) is 110 Å². The Bertz CT molecular complexity index is 874. The lowest BCUT2D eigenvalue weighted by Gasteiger charge is -2.61. The SMILES string of the molecule is [CH2+]CCCCC([NH3+])C(=O)Oc1cc(C)c2c(c1)C[C@H]1[C@@]2(C)CCC2C(C)(C)CCC[C@@]21C. The summed E-state index contributed by atoms with van der Waals surface area (Å²) in [7, 11) is 0. The summed E-state index contributed by atoms with van der Waals surface area (Å²) in [5.41, 5.74) is 9.38. The van der Waals surface area contributed by atoms with E-state index in [9.17, 15) is 4.79 Å². The predicted octanol–water partition coefficient (Wildman–Crippen LogP) is 5.96. The minimum Gasteiger partial charge on any atom is -0.422 e. The third-order valence-corrected chi connectivity index (χ3v) is 9.78. The van der Waals surface area contributed by atoms with Crippen LogP contribution >= 0.6 is 0 Å². The number of rotatable bonds is 6. The molecular weight excluding hydrogens is 394 g/mol. The van der Waals surface area contributed by atoms with Crippen LogP contribution in [0.25, 0.3) is 0 Å². The second kappa shape index (κ2) is 8.38. The van der Waals surface area contributed by atoms with Crippen LogP contribution in [0.15, 0.2) is 12.1 Å². The molecule has 0 radical (unpaired) electrons. The van der Waals surface area contributed by atoms with Crippen molar-refractivity contribution in [2.75, 3.05) is 0 Å². The Balaban J connectivity index is 1.58. The largest absolute Gasteiger partial charge is 0.422 e. The first kappa shape index (κ1) is 23.7. The van der Waals surface area contributed by atoms with Gasteiger partial charge in [-0.1, -0.05) is 34.1 Å². The first-order valence-electron chi connectivity index (χ1n) is 13.0. The number of fused-ring (bicyclic) bond motifs is 5. The van der Waals surface area contributed by atoms with Gasteiger partial charge in [0.15, 0.2) is 6.04 Å². The number of ether oxygens (including phenoxy) is 1. The van der Waals surface area contributed by atoms with Crippen molar-refractivity contribution in [1.29, 1.82) is 0 Å². The molecule has 3 heteroatoms. The highest BCUT2D eigenvalue weighted by atomic mass is 16.5. The van der Waals surface area contributed by atoms with Gasteiger partial charge in [0.2, 0.25) is 0 Å². The van der Waals surface area contributed by atoms with Crippen LogP contribution in [-0.2, 0) is 16.6 Å². The summed E-state index contributed by atoms with van der Waals surface area (Å²) in [6, 6.07) is 3.98. The van der Waals surface area contributed by atoms with Gasteiger partial charge < -0.3 is 10.5 Å². The summed E-state index contributed by atoms with van der Waals surface area (Å²) in [6.07, 6.45) is 11.5. The van der Waals surface area contributed by atoms with Crippen LogP contribution in [0.4, 0.5) is 0 Å². The fourth-order valence-electron chi connectivity index (χ4n) is 8.37. The summed E-state index contributed by atoms with van der Waals surface area (Å²) >= 11 is 0. The molecule has 0 amide bonds. The van der Waals surface area contributed by atoms with Gasteiger partial charge in [0.1, 0.15) is 5.75 Å². The van der Waals surface area contributed by atoms with Crippen LogP contribution in [0, 0.1) is 36.5 Å². The quantitative estimate of drug-likeness (QED) is 0.257. The number of carbonyl (C=O) groups excluding carboxylic acids is 1. The van der Waals surface area contributed by atoms with Crippen molar-refractivity contribution in [3.8, 4) is 5.75 Å². The minimum atomic E-state index is -0.306. The zero-order valence-corrected chi connectivity index (χ0v) is 21.2. The van der Waals surface area contributed by atoms with Gasteiger partial charge in [0.25, 0.3) is 0 Å². The van der Waals surface area contributed by atoms with Gasteiger partial charge in [0, 0.05) is 6.42 Å². The molecule has 1 aromatic rings. The Morgan fingerprint density at radius 3 is 2.62 bits per heavy atom. The Morgan fingerprint density at radius 1 is 1.16 bits per heavy atom. The summed E-state index contributed by atoms with van der Waals surface area (Å²) in [5, 5.41) is 0. The van der Waals surface area contributed by atoms with Gasteiger partial charge in [0.05, 0.1) is 13.3 Å². The van der Waals surface area contributed by atoms with Crippen LogP contribution < -0.4 is 10.5 Å². The highest BCUT2D eigenvalue weighted by Gasteiger charge is 2.61. The lowest BCUT2D eigenvalue weighted by atomic mass is 9.43. The van der Waals surface area contributed by atoms with Gasteiger partial charge in [-0.05, 0) is 109 Å². The van der Waals surface area contributed by atoms with Crippen molar-refractivity contribution in [1.82, 2.24) is 0 Å². The average Bonchev–Trinajstić information content (AvgIpc) is 3.01. The minimum absolute atomic E-state index is 0.198. The fraction of sp³-hybridized carbons (Fsp3) is 0.724. The normalized spacial score (nSPS) is 33.7. The predicted molar refractivity (Wildman–Crippen MR) is 130 cm³/mol. The molecule has 0 bridgehead atoms. The molecule has 3 N–H and O–H groups in total. The summed E-state index contributed by atoms with van der Waals surface area (Å²) in [5.74, 6) is 2.00. The van der Waals surface area contributed by atoms with E-state index in [0.29, 0.717) is 22.5 Å². The maximum atomic E-state index is 12.6. The Labute approximate surface area is 195 Å². The number of hydrogen-bond acceptors (Lipinski definition) is 2. The van der Waals surface area contributed by atoms with E-state index in [0.717, 1.165) is 38.0 Å². The highest BCUT2D eigenvalue weighted by Crippen LogP contribution is 2.67. The van der Waals surface area contributed by atoms with Gasteiger partial charge >= 0.3 is 5.97 Å². The Morgan fingerprint density at radius 2 is 1.91 bits per heavy atom. The first-order chi connectivity index (χ1) is 15.0. The van der Waals surface area contributed by atoms with E-state index in [1.54, 1.807) is 5.56 Å². The van der Waals surface area contributed by atoms with Crippen LogP contribution in [0.2, 0.25) is 0 Å². The lowest BCUT2D eigenvalue weighted by Crippen LogP contribution is -2.65. The van der Waals surface area contributed by atoms with E-state index in [2.05, 4.69) is 59.4 Å². The Hall–Kier alpha value is -1.48. The molecule has 32 heavy (non-hydrogen) atoms. The van der Waals surface area contributed by atoms with E-state index < -0.39 is 0 Å². The van der Waals surface area contributed by atoms with E-state index in [4.69, 9.17) is 4.74 Å². The molecule has 2 unspecified atom stereocenters. The highest BCUT2D eigenvalue weighted by molar-refractivity contribution is 5.76. The number of aryl methyl sites for hydroxylation is 1. The maximum absolute atomic E-state index is 12.6. The summed E-state index contributed by atoms with van der Waals surface area (Å²) < 4.78 is 5.85. The second-order valence-corrected chi connectivity index (χ2v) is 12.4. The standard InChI is InChI=1S/C29H44NO2/c1-7-8-9-11-22(30)26(31)32-21-16-19(2)25-20(17-21)18-24-28(5)14-10-13-27(3,4)23(28)12-15-29(24,25)6/h16-17,22-24H,1,7-15,18,30H2,2-6H3/q+1/p+1/t22?,23?,24-,28+,29-/m1/s1. The number of benzene rings is 1. The zero-order chi connectivity index (χ0) is 23.3. The van der Waals surface area contributed by atoms with Gasteiger partial charge in [-0.3, -0.25) is 0 Å². The fourth-order valence-corrected chi connectivity index (χ4v) is 8.37. The molecule has 0 aliphatic heterocycles. The Kier molecular flexibility index (Phi) is 6.20. The van der Waals surface area contributed by atoms with E-state index in [-0.39, 0.29) is 17.4 Å². The molecule has 3 aliphatic rings. The molecule has 176 valence electrons. The summed E-state index contributed by atoms with van der Waals surface area (Å²) in [4.78, 5) is 12.6. The van der Waals surface area contributed by atoms with Crippen LogP contribution in [-0.4, -0.2) is 12.0 Å². The van der Waals surface area contributed by atoms with Crippen LogP contribution in [0.5, 0.6) is 5.75 Å². The van der Waals surface area contributed by atoms with Crippen molar-refractivity contribution in [3.63, 3.8) is 0 Å². The third kappa shape index (κ3) is 3.79. The molecule has 5 atom stereocenters. The second-order valence-electron chi connectivity index (χ2n) is 12.4. The molecule has 3 nitrogen and oxygen atoms in total. The van der Waals surface area contributed by atoms with Crippen molar-refractivity contribution >= 4 is 5.97 Å². The van der Waals surface area contributed by atoms with Gasteiger partial charge in [-0.2, -0.15) is 0 Å². The zero-order valence-electron chi connectivity index (χ0n) is 21.2. The molecule has 2 fully saturated rings. The molecule has 0 heterocycles. The van der Waals surface area contributed by atoms with E-state index >= 15 is 0 Å². The molecule has 0 aromatic heterocycles. The molecular formula is C29H45NO2+2. The smallest absolute Gasteiger partial charge is 0.370 e. The van der Waals surface area contributed by atoms with Crippen LogP contribution in [0.3, 0.4) is 0 Å². The number of quaternary nitrogens is 1. The molecule has 1 aromatic carbocycles. The molecule has 4 rings (SSSR count). The number of hydrogen-bond donors (Lipinski definition) is 1. The average molecular weight is 440 g/mol. The van der Waals surface area contributed by atoms with Gasteiger partial charge in [-0.15, -0.1) is 0 Å².